The highest BCUT2D eigenvalue weighted by molar-refractivity contribution is 7.17. The average molecular weight is 366 g/mol. The Kier molecular flexibility index (Phi) is 5.09. The van der Waals surface area contributed by atoms with Crippen LogP contribution in [0, 0.1) is 20.8 Å². The summed E-state index contributed by atoms with van der Waals surface area (Å²) in [5.41, 5.74) is 4.93. The molecule has 1 aromatic heterocycles. The van der Waals surface area contributed by atoms with E-state index in [-0.39, 0.29) is 5.91 Å². The molecular weight excluding hydrogens is 344 g/mol. The summed E-state index contributed by atoms with van der Waals surface area (Å²) in [6.45, 7) is 6.02. The molecule has 134 valence electrons. The molecule has 4 nitrogen and oxygen atoms in total. The number of nitrogens with zero attached hydrogens (tertiary/aromatic N) is 2. The van der Waals surface area contributed by atoms with Gasteiger partial charge in [0.1, 0.15) is 15.6 Å². The molecule has 3 aromatic rings. The number of aromatic nitrogens is 1. The number of carbonyl (C=O) groups excluding carboxylic acids is 1. The van der Waals surface area contributed by atoms with Crippen LogP contribution in [0.15, 0.2) is 42.5 Å². The number of ether oxygens (including phenoxy) is 1. The first-order chi connectivity index (χ1) is 12.4. The number of methoxy groups -OCH3 is 1. The van der Waals surface area contributed by atoms with Crippen LogP contribution in [0.2, 0.25) is 0 Å². The first-order valence-electron chi connectivity index (χ1n) is 8.38. The molecule has 1 heterocycles. The monoisotopic (exact) mass is 366 g/mol. The molecule has 5 heteroatoms. The lowest BCUT2D eigenvalue weighted by atomic mass is 10.1. The Labute approximate surface area is 158 Å². The van der Waals surface area contributed by atoms with Gasteiger partial charge in [0.15, 0.2) is 0 Å². The summed E-state index contributed by atoms with van der Waals surface area (Å²) in [7, 11) is 3.36. The molecule has 0 spiro atoms. The van der Waals surface area contributed by atoms with Crippen molar-refractivity contribution in [1.82, 2.24) is 4.98 Å². The van der Waals surface area contributed by atoms with E-state index < -0.39 is 0 Å². The molecule has 0 radical (unpaired) electrons. The van der Waals surface area contributed by atoms with Crippen LogP contribution in [0.4, 0.5) is 5.69 Å². The second-order valence-corrected chi connectivity index (χ2v) is 7.29. The molecule has 0 N–H and O–H groups in total. The summed E-state index contributed by atoms with van der Waals surface area (Å²) < 4.78 is 5.38. The molecule has 26 heavy (non-hydrogen) atoms. The van der Waals surface area contributed by atoms with Gasteiger partial charge in [-0.1, -0.05) is 35.9 Å². The topological polar surface area (TPSA) is 42.4 Å². The van der Waals surface area contributed by atoms with E-state index in [4.69, 9.17) is 4.74 Å². The van der Waals surface area contributed by atoms with E-state index in [2.05, 4.69) is 37.0 Å². The van der Waals surface area contributed by atoms with Crippen LogP contribution in [-0.4, -0.2) is 25.0 Å². The maximum Gasteiger partial charge on any atom is 0.270 e. The van der Waals surface area contributed by atoms with Crippen molar-refractivity contribution in [3.05, 3.63) is 64.2 Å². The fraction of sp³-hybridized carbons (Fsp3) is 0.238. The standard InChI is InChI=1S/C21H22N2O2S/c1-13-10-11-16(14(2)12-13)20-22-15(3)19(26-20)21(24)23(4)17-8-6-7-9-18(17)25-5/h6-12H,1-5H3. The third kappa shape index (κ3) is 3.35. The first-order valence-corrected chi connectivity index (χ1v) is 9.20. The van der Waals surface area contributed by atoms with E-state index in [1.807, 2.05) is 31.2 Å². The lowest BCUT2D eigenvalue weighted by Gasteiger charge is -2.19. The van der Waals surface area contributed by atoms with Gasteiger partial charge in [0.2, 0.25) is 0 Å². The normalized spacial score (nSPS) is 10.7. The highest BCUT2D eigenvalue weighted by atomic mass is 32.1. The number of anilines is 1. The Morgan fingerprint density at radius 1 is 1.12 bits per heavy atom. The zero-order chi connectivity index (χ0) is 18.8. The minimum atomic E-state index is -0.0829. The number of hydrogen-bond acceptors (Lipinski definition) is 4. The molecule has 2 aromatic carbocycles. The molecule has 0 atom stereocenters. The maximum atomic E-state index is 13.1. The van der Waals surface area contributed by atoms with E-state index in [0.717, 1.165) is 27.5 Å². The zero-order valence-corrected chi connectivity index (χ0v) is 16.5. The van der Waals surface area contributed by atoms with Crippen molar-refractivity contribution < 1.29 is 9.53 Å². The Balaban J connectivity index is 1.97. The SMILES string of the molecule is COc1ccccc1N(C)C(=O)c1sc(-c2ccc(C)cc2C)nc1C. The highest BCUT2D eigenvalue weighted by Gasteiger charge is 2.22. The van der Waals surface area contributed by atoms with Crippen LogP contribution in [0.5, 0.6) is 5.75 Å². The number of para-hydroxylation sites is 2. The Morgan fingerprint density at radius 2 is 1.85 bits per heavy atom. The number of aryl methyl sites for hydroxylation is 3. The van der Waals surface area contributed by atoms with Crippen molar-refractivity contribution in [2.45, 2.75) is 20.8 Å². The summed E-state index contributed by atoms with van der Waals surface area (Å²) in [5.74, 6) is 0.584. The lowest BCUT2D eigenvalue weighted by molar-refractivity contribution is 0.0995. The van der Waals surface area contributed by atoms with Crippen LogP contribution in [0.1, 0.15) is 26.5 Å². The average Bonchev–Trinajstić information content (AvgIpc) is 3.01. The quantitative estimate of drug-likeness (QED) is 0.651. The predicted octanol–water partition coefficient (Wildman–Crippen LogP) is 5.02. The second-order valence-electron chi connectivity index (χ2n) is 6.29. The van der Waals surface area contributed by atoms with Gasteiger partial charge in [-0.25, -0.2) is 4.98 Å². The number of carbonyl (C=O) groups is 1. The number of benzene rings is 2. The molecule has 0 aliphatic heterocycles. The maximum absolute atomic E-state index is 13.1. The Bertz CT molecular complexity index is 962. The van der Waals surface area contributed by atoms with Crippen LogP contribution < -0.4 is 9.64 Å². The highest BCUT2D eigenvalue weighted by Crippen LogP contribution is 2.33. The molecule has 0 fully saturated rings. The van der Waals surface area contributed by atoms with E-state index in [9.17, 15) is 4.79 Å². The van der Waals surface area contributed by atoms with E-state index in [1.54, 1.807) is 19.1 Å². The Morgan fingerprint density at radius 3 is 2.54 bits per heavy atom. The van der Waals surface area contributed by atoms with Crippen molar-refractivity contribution >= 4 is 22.9 Å². The lowest BCUT2D eigenvalue weighted by Crippen LogP contribution is -2.26. The minimum Gasteiger partial charge on any atom is -0.495 e. The van der Waals surface area contributed by atoms with Crippen LogP contribution in [0.25, 0.3) is 10.6 Å². The van der Waals surface area contributed by atoms with Gasteiger partial charge < -0.3 is 9.64 Å². The van der Waals surface area contributed by atoms with Gasteiger partial charge in [-0.15, -0.1) is 11.3 Å². The molecule has 0 bridgehead atoms. The molecule has 0 saturated carbocycles. The van der Waals surface area contributed by atoms with E-state index >= 15 is 0 Å². The Hall–Kier alpha value is -2.66. The van der Waals surface area contributed by atoms with E-state index in [1.165, 1.54) is 16.9 Å². The van der Waals surface area contributed by atoms with Crippen LogP contribution >= 0.6 is 11.3 Å². The second kappa shape index (κ2) is 7.30. The molecule has 0 unspecified atom stereocenters. The first kappa shape index (κ1) is 18.1. The van der Waals surface area contributed by atoms with Crippen molar-refractivity contribution in [2.24, 2.45) is 0 Å². The molecule has 0 saturated heterocycles. The van der Waals surface area contributed by atoms with Crippen molar-refractivity contribution in [3.63, 3.8) is 0 Å². The summed E-state index contributed by atoms with van der Waals surface area (Å²) in [4.78, 5) is 20.0. The largest absolute Gasteiger partial charge is 0.495 e. The van der Waals surface area contributed by atoms with Crippen molar-refractivity contribution in [2.75, 3.05) is 19.1 Å². The third-order valence-electron chi connectivity index (χ3n) is 4.35. The summed E-state index contributed by atoms with van der Waals surface area (Å²) >= 11 is 1.43. The summed E-state index contributed by atoms with van der Waals surface area (Å²) in [6, 6.07) is 13.8. The van der Waals surface area contributed by atoms with Gasteiger partial charge in [0.25, 0.3) is 5.91 Å². The number of thiazole rings is 1. The molecule has 1 amide bonds. The van der Waals surface area contributed by atoms with Crippen molar-refractivity contribution in [1.29, 1.82) is 0 Å². The van der Waals surface area contributed by atoms with Crippen LogP contribution in [-0.2, 0) is 0 Å². The van der Waals surface area contributed by atoms with Gasteiger partial charge in [-0.3, -0.25) is 4.79 Å². The molecule has 3 rings (SSSR count). The summed E-state index contributed by atoms with van der Waals surface area (Å²) in [5, 5.41) is 0.872. The third-order valence-corrected chi connectivity index (χ3v) is 5.53. The van der Waals surface area contributed by atoms with Gasteiger partial charge in [-0.2, -0.15) is 0 Å². The number of rotatable bonds is 4. The van der Waals surface area contributed by atoms with Gasteiger partial charge in [0, 0.05) is 12.6 Å². The van der Waals surface area contributed by atoms with E-state index in [0.29, 0.717) is 10.6 Å². The van der Waals surface area contributed by atoms with Gasteiger partial charge >= 0.3 is 0 Å². The number of hydrogen-bond donors (Lipinski definition) is 0. The van der Waals surface area contributed by atoms with Crippen LogP contribution in [0.3, 0.4) is 0 Å². The summed E-state index contributed by atoms with van der Waals surface area (Å²) in [6.07, 6.45) is 0. The molecule has 0 aliphatic carbocycles. The number of amides is 1. The smallest absolute Gasteiger partial charge is 0.270 e. The fourth-order valence-corrected chi connectivity index (χ4v) is 4.06. The minimum absolute atomic E-state index is 0.0829. The van der Waals surface area contributed by atoms with Gasteiger partial charge in [0.05, 0.1) is 18.5 Å². The van der Waals surface area contributed by atoms with Crippen molar-refractivity contribution in [3.8, 4) is 16.3 Å². The fourth-order valence-electron chi connectivity index (χ4n) is 2.93. The predicted molar refractivity (Wildman–Crippen MR) is 107 cm³/mol. The molecular formula is C21H22N2O2S. The van der Waals surface area contributed by atoms with Gasteiger partial charge in [-0.05, 0) is 38.5 Å². The zero-order valence-electron chi connectivity index (χ0n) is 15.7. The molecule has 0 aliphatic rings.